The van der Waals surface area contributed by atoms with E-state index in [2.05, 4.69) is 0 Å². The summed E-state index contributed by atoms with van der Waals surface area (Å²) in [6.07, 6.45) is 3.40. The van der Waals surface area contributed by atoms with Gasteiger partial charge in [-0.25, -0.2) is 0 Å². The summed E-state index contributed by atoms with van der Waals surface area (Å²) in [5.74, 6) is 0. The van der Waals surface area contributed by atoms with Gasteiger partial charge in [0.2, 0.25) is 0 Å². The summed E-state index contributed by atoms with van der Waals surface area (Å²) in [5, 5.41) is 8.72. The van der Waals surface area contributed by atoms with Crippen LogP contribution in [-0.4, -0.2) is 21.3 Å². The van der Waals surface area contributed by atoms with Gasteiger partial charge >= 0.3 is 0 Å². The van der Waals surface area contributed by atoms with Gasteiger partial charge in [-0.3, -0.25) is 4.57 Å². The highest BCUT2D eigenvalue weighted by atomic mass is 31.1. The predicted molar refractivity (Wildman–Crippen MR) is 53.2 cm³/mol. The van der Waals surface area contributed by atoms with Crippen molar-refractivity contribution in [1.82, 2.24) is 0 Å². The second-order valence-electron chi connectivity index (χ2n) is 3.81. The second kappa shape index (κ2) is 3.95. The van der Waals surface area contributed by atoms with Crippen molar-refractivity contribution in [3.63, 3.8) is 0 Å². The summed E-state index contributed by atoms with van der Waals surface area (Å²) in [4.78, 5) is 9.24. The Morgan fingerprint density at radius 3 is 2.69 bits per heavy atom. The molecule has 0 aromatic heterocycles. The fourth-order valence-corrected chi connectivity index (χ4v) is 2.45. The Hall–Kier alpha value is -0.110. The molecule has 0 amide bonds. The zero-order chi connectivity index (χ0) is 10.1. The molecular formula is C9H17O3P. The minimum absolute atomic E-state index is 0.345. The number of aliphatic hydroxyl groups excluding tert-OH is 1. The first-order chi connectivity index (χ1) is 6.00. The van der Waals surface area contributed by atoms with Crippen molar-refractivity contribution in [3.8, 4) is 0 Å². The average Bonchev–Trinajstić information content (AvgIpc) is 2.50. The first-order valence-electron chi connectivity index (χ1n) is 4.61. The van der Waals surface area contributed by atoms with E-state index in [4.69, 9.17) is 0 Å². The fourth-order valence-electron chi connectivity index (χ4n) is 1.66. The maximum absolute atomic E-state index is 11.2. The zero-order valence-corrected chi connectivity index (χ0v) is 9.08. The highest BCUT2D eigenvalue weighted by Crippen LogP contribution is 2.47. The van der Waals surface area contributed by atoms with E-state index in [0.717, 1.165) is 5.57 Å². The molecule has 0 bridgehead atoms. The molecule has 1 aliphatic carbocycles. The van der Waals surface area contributed by atoms with Crippen LogP contribution in [0.5, 0.6) is 0 Å². The molecule has 4 heteroatoms. The summed E-state index contributed by atoms with van der Waals surface area (Å²) >= 11 is 0. The Morgan fingerprint density at radius 1 is 1.77 bits per heavy atom. The van der Waals surface area contributed by atoms with Crippen LogP contribution in [0.1, 0.15) is 33.1 Å². The van der Waals surface area contributed by atoms with E-state index in [1.54, 1.807) is 6.92 Å². The third-order valence-electron chi connectivity index (χ3n) is 2.98. The van der Waals surface area contributed by atoms with Crippen LogP contribution in [-0.2, 0) is 4.57 Å². The van der Waals surface area contributed by atoms with Crippen LogP contribution in [0, 0.1) is 0 Å². The van der Waals surface area contributed by atoms with Crippen LogP contribution in [0.25, 0.3) is 0 Å². The molecule has 0 radical (unpaired) electrons. The maximum Gasteiger partial charge on any atom is 0.198 e. The molecule has 2 N–H and O–H groups in total. The van der Waals surface area contributed by atoms with E-state index in [1.807, 2.05) is 13.0 Å². The Labute approximate surface area is 79.3 Å². The third-order valence-corrected chi connectivity index (χ3v) is 4.60. The number of hydrogen-bond donors (Lipinski definition) is 2. The molecular weight excluding hydrogens is 187 g/mol. The molecule has 0 aromatic carbocycles. The maximum atomic E-state index is 11.2. The predicted octanol–water partition coefficient (Wildman–Crippen LogP) is 1.70. The third kappa shape index (κ3) is 2.04. The minimum Gasteiger partial charge on any atom is -0.392 e. The van der Waals surface area contributed by atoms with Gasteiger partial charge in [-0.15, -0.1) is 0 Å². The molecule has 0 spiro atoms. The minimum atomic E-state index is -2.56. The van der Waals surface area contributed by atoms with Crippen LogP contribution in [0.4, 0.5) is 0 Å². The lowest BCUT2D eigenvalue weighted by Crippen LogP contribution is -2.22. The lowest BCUT2D eigenvalue weighted by atomic mass is 9.96. The van der Waals surface area contributed by atoms with Crippen molar-refractivity contribution in [1.29, 1.82) is 0 Å². The standard InChI is InChI=1S/C9H17O3P/c1-3-9(2,13(11)12)7-4-5-8(10)6-7/h4,8,10,13H,3,5-6H2,1-2H3,(H,11,12). The van der Waals surface area contributed by atoms with Crippen LogP contribution >= 0.6 is 8.03 Å². The topological polar surface area (TPSA) is 57.5 Å². The van der Waals surface area contributed by atoms with Crippen LogP contribution in [0.2, 0.25) is 0 Å². The molecule has 3 nitrogen and oxygen atoms in total. The van der Waals surface area contributed by atoms with Crippen molar-refractivity contribution in [2.75, 3.05) is 0 Å². The van der Waals surface area contributed by atoms with Crippen LogP contribution in [0.15, 0.2) is 11.6 Å². The van der Waals surface area contributed by atoms with Crippen LogP contribution < -0.4 is 0 Å². The van der Waals surface area contributed by atoms with Gasteiger partial charge in [0.25, 0.3) is 0 Å². The van der Waals surface area contributed by atoms with E-state index >= 15 is 0 Å². The molecule has 0 heterocycles. The Kier molecular flexibility index (Phi) is 3.33. The quantitative estimate of drug-likeness (QED) is 0.543. The van der Waals surface area contributed by atoms with E-state index in [1.165, 1.54) is 0 Å². The number of aliphatic hydroxyl groups is 1. The largest absolute Gasteiger partial charge is 0.392 e. The molecule has 3 atom stereocenters. The molecule has 1 rings (SSSR count). The van der Waals surface area contributed by atoms with Gasteiger partial charge in [-0.2, -0.15) is 0 Å². The lowest BCUT2D eigenvalue weighted by molar-refractivity contribution is 0.186. The molecule has 0 saturated carbocycles. The lowest BCUT2D eigenvalue weighted by Gasteiger charge is -2.26. The van der Waals surface area contributed by atoms with Crippen molar-refractivity contribution in [2.45, 2.75) is 44.4 Å². The van der Waals surface area contributed by atoms with Gasteiger partial charge in [0, 0.05) is 0 Å². The van der Waals surface area contributed by atoms with Crippen molar-refractivity contribution < 1.29 is 14.6 Å². The zero-order valence-electron chi connectivity index (χ0n) is 8.08. The molecule has 0 aliphatic heterocycles. The van der Waals surface area contributed by atoms with E-state index in [-0.39, 0.29) is 6.10 Å². The first kappa shape index (κ1) is 11.0. The molecule has 76 valence electrons. The van der Waals surface area contributed by atoms with Gasteiger partial charge in [-0.1, -0.05) is 18.6 Å². The second-order valence-corrected chi connectivity index (χ2v) is 5.53. The van der Waals surface area contributed by atoms with E-state index in [0.29, 0.717) is 19.3 Å². The molecule has 0 fully saturated rings. The van der Waals surface area contributed by atoms with Crippen LogP contribution in [0.3, 0.4) is 0 Å². The average molecular weight is 204 g/mol. The monoisotopic (exact) mass is 204 g/mol. The molecule has 13 heavy (non-hydrogen) atoms. The molecule has 0 aromatic rings. The van der Waals surface area contributed by atoms with E-state index in [9.17, 15) is 14.6 Å². The Morgan fingerprint density at radius 2 is 2.38 bits per heavy atom. The molecule has 0 saturated heterocycles. The summed E-state index contributed by atoms with van der Waals surface area (Å²) in [6, 6.07) is 0. The van der Waals surface area contributed by atoms with E-state index < -0.39 is 13.2 Å². The molecule has 3 unspecified atom stereocenters. The van der Waals surface area contributed by atoms with Gasteiger partial charge in [-0.05, 0) is 26.2 Å². The number of hydrogen-bond acceptors (Lipinski definition) is 2. The van der Waals surface area contributed by atoms with Gasteiger partial charge in [0.15, 0.2) is 8.03 Å². The summed E-state index contributed by atoms with van der Waals surface area (Å²) < 4.78 is 11.2. The normalized spacial score (nSPS) is 29.5. The molecule has 1 aliphatic rings. The van der Waals surface area contributed by atoms with Crippen molar-refractivity contribution in [3.05, 3.63) is 11.6 Å². The summed E-state index contributed by atoms with van der Waals surface area (Å²) in [5.41, 5.74) is 0.953. The Bertz CT molecular complexity index is 249. The highest BCUT2D eigenvalue weighted by molar-refractivity contribution is 7.40. The smallest absolute Gasteiger partial charge is 0.198 e. The van der Waals surface area contributed by atoms with Gasteiger partial charge < -0.3 is 10.00 Å². The summed E-state index contributed by atoms with van der Waals surface area (Å²) in [7, 11) is -2.56. The Balaban J connectivity index is 2.84. The highest BCUT2D eigenvalue weighted by Gasteiger charge is 2.35. The van der Waals surface area contributed by atoms with Crippen molar-refractivity contribution >= 4 is 8.03 Å². The first-order valence-corrected chi connectivity index (χ1v) is 5.97. The van der Waals surface area contributed by atoms with Gasteiger partial charge in [0.1, 0.15) is 0 Å². The van der Waals surface area contributed by atoms with Gasteiger partial charge in [0.05, 0.1) is 11.3 Å². The fraction of sp³-hybridized carbons (Fsp3) is 0.778. The number of rotatable bonds is 3. The SMILES string of the molecule is CCC(C)(C1=CCC(O)C1)[PH](=O)O. The van der Waals surface area contributed by atoms with Crippen molar-refractivity contribution in [2.24, 2.45) is 0 Å². The summed E-state index contributed by atoms with van der Waals surface area (Å²) in [6.45, 7) is 3.71.